The molecular weight excluding hydrogens is 512 g/mol. The van der Waals surface area contributed by atoms with Crippen LogP contribution < -0.4 is 0 Å². The third-order valence-electron chi connectivity index (χ3n) is 13.3. The van der Waals surface area contributed by atoms with Crippen molar-refractivity contribution in [3.05, 3.63) is 0 Å². The van der Waals surface area contributed by atoms with Crippen molar-refractivity contribution in [2.24, 2.45) is 59.2 Å². The highest BCUT2D eigenvalue weighted by molar-refractivity contribution is 4.92. The Balaban J connectivity index is 1.11. The molecule has 5 nitrogen and oxygen atoms in total. The molecule has 5 saturated carbocycles. The lowest BCUT2D eigenvalue weighted by atomic mass is 9.65. The summed E-state index contributed by atoms with van der Waals surface area (Å²) in [5.74, 6) is 3.94. The van der Waals surface area contributed by atoms with Gasteiger partial charge in [-0.2, -0.15) is 0 Å². The van der Waals surface area contributed by atoms with Gasteiger partial charge in [-0.15, -0.1) is 0 Å². The SMILES string of the molecule is CC1CC(CC2CCCC(CC3CCC(O)C(CC4CCCC(CC5CCCC(C)C5O)C4O)C3)C2O)CCC1O. The molecule has 0 saturated heterocycles. The molecule has 0 bridgehead atoms. The van der Waals surface area contributed by atoms with Crippen molar-refractivity contribution in [3.63, 3.8) is 0 Å². The highest BCUT2D eigenvalue weighted by Crippen LogP contribution is 2.46. The first-order valence-corrected chi connectivity index (χ1v) is 18.1. The van der Waals surface area contributed by atoms with Gasteiger partial charge in [0.1, 0.15) is 0 Å². The van der Waals surface area contributed by atoms with Gasteiger partial charge in [0, 0.05) is 0 Å². The van der Waals surface area contributed by atoms with E-state index in [4.69, 9.17) is 0 Å². The highest BCUT2D eigenvalue weighted by atomic mass is 16.3. The molecule has 0 aromatic rings. The van der Waals surface area contributed by atoms with Crippen LogP contribution in [0.15, 0.2) is 0 Å². The molecule has 238 valence electrons. The average molecular weight is 577 g/mol. The second kappa shape index (κ2) is 14.7. The average Bonchev–Trinajstić information content (AvgIpc) is 2.95. The van der Waals surface area contributed by atoms with Gasteiger partial charge < -0.3 is 25.5 Å². The number of aliphatic hydroxyl groups is 5. The van der Waals surface area contributed by atoms with E-state index in [1.165, 1.54) is 12.8 Å². The van der Waals surface area contributed by atoms with E-state index in [9.17, 15) is 25.5 Å². The smallest absolute Gasteiger partial charge is 0.0596 e. The summed E-state index contributed by atoms with van der Waals surface area (Å²) in [5, 5.41) is 54.9. The van der Waals surface area contributed by atoms with Crippen molar-refractivity contribution in [2.75, 3.05) is 0 Å². The van der Waals surface area contributed by atoms with Gasteiger partial charge >= 0.3 is 0 Å². The predicted octanol–water partition coefficient (Wildman–Crippen LogP) is 6.47. The summed E-state index contributed by atoms with van der Waals surface area (Å²) in [6, 6.07) is 0. The molecule has 5 N–H and O–H groups in total. The first-order valence-electron chi connectivity index (χ1n) is 18.1. The Bertz CT molecular complexity index is 790. The van der Waals surface area contributed by atoms with Gasteiger partial charge in [-0.25, -0.2) is 0 Å². The Morgan fingerprint density at radius 3 is 1.39 bits per heavy atom. The molecule has 5 heteroatoms. The molecule has 0 aromatic heterocycles. The molecule has 15 atom stereocenters. The van der Waals surface area contributed by atoms with Gasteiger partial charge in [0.15, 0.2) is 0 Å². The molecule has 15 unspecified atom stereocenters. The third kappa shape index (κ3) is 8.10. The fourth-order valence-electron chi connectivity index (χ4n) is 10.7. The topological polar surface area (TPSA) is 101 Å². The summed E-state index contributed by atoms with van der Waals surface area (Å²) in [7, 11) is 0. The molecule has 41 heavy (non-hydrogen) atoms. The van der Waals surface area contributed by atoms with Crippen LogP contribution in [-0.4, -0.2) is 56.1 Å². The van der Waals surface area contributed by atoms with Gasteiger partial charge in [-0.1, -0.05) is 33.1 Å². The minimum absolute atomic E-state index is 0.140. The van der Waals surface area contributed by atoms with E-state index in [0.29, 0.717) is 47.3 Å². The molecule has 0 aliphatic heterocycles. The van der Waals surface area contributed by atoms with Crippen LogP contribution in [0.3, 0.4) is 0 Å². The zero-order valence-corrected chi connectivity index (χ0v) is 26.3. The molecule has 5 rings (SSSR count). The van der Waals surface area contributed by atoms with Gasteiger partial charge in [0.05, 0.1) is 30.5 Å². The Morgan fingerprint density at radius 2 is 0.829 bits per heavy atom. The summed E-state index contributed by atoms with van der Waals surface area (Å²) in [6.07, 6.45) is 19.3. The fourth-order valence-corrected chi connectivity index (χ4v) is 10.7. The normalized spacial score (nSPS) is 50.0. The molecule has 0 spiro atoms. The van der Waals surface area contributed by atoms with Crippen LogP contribution in [0.25, 0.3) is 0 Å². The summed E-state index contributed by atoms with van der Waals surface area (Å²) in [6.45, 7) is 4.35. The van der Waals surface area contributed by atoms with E-state index in [0.717, 1.165) is 109 Å². The van der Waals surface area contributed by atoms with Crippen LogP contribution in [-0.2, 0) is 0 Å². The first kappa shape index (κ1) is 32.2. The molecule has 5 fully saturated rings. The molecular formula is C36H64O5. The number of aliphatic hydroxyl groups excluding tert-OH is 5. The maximum Gasteiger partial charge on any atom is 0.0596 e. The highest BCUT2D eigenvalue weighted by Gasteiger charge is 2.41. The van der Waals surface area contributed by atoms with Crippen molar-refractivity contribution in [1.29, 1.82) is 0 Å². The van der Waals surface area contributed by atoms with E-state index in [1.54, 1.807) is 0 Å². The number of rotatable bonds is 8. The minimum Gasteiger partial charge on any atom is -0.393 e. The van der Waals surface area contributed by atoms with Crippen molar-refractivity contribution in [1.82, 2.24) is 0 Å². The number of hydrogen-bond donors (Lipinski definition) is 5. The third-order valence-corrected chi connectivity index (χ3v) is 13.3. The van der Waals surface area contributed by atoms with E-state index in [1.807, 2.05) is 0 Å². The maximum atomic E-state index is 11.5. The predicted molar refractivity (Wildman–Crippen MR) is 164 cm³/mol. The van der Waals surface area contributed by atoms with Gasteiger partial charge in [-0.3, -0.25) is 0 Å². The standard InChI is InChI=1S/C36H64O5/c1-22-6-3-7-28(34(22)39)20-29-10-5-11-30(36(29)41)21-31-19-25(13-15-33(31)38)18-27-9-4-8-26(35(27)40)17-24-12-14-32(37)23(2)16-24/h22-41H,3-21H2,1-2H3. The second-order valence-corrected chi connectivity index (χ2v) is 16.2. The van der Waals surface area contributed by atoms with Crippen LogP contribution in [0.4, 0.5) is 0 Å². The van der Waals surface area contributed by atoms with Crippen molar-refractivity contribution in [2.45, 2.75) is 166 Å². The van der Waals surface area contributed by atoms with Crippen LogP contribution in [0.1, 0.15) is 136 Å². The quantitative estimate of drug-likeness (QED) is 0.228. The van der Waals surface area contributed by atoms with Crippen molar-refractivity contribution in [3.8, 4) is 0 Å². The lowest BCUT2D eigenvalue weighted by Crippen LogP contribution is -2.41. The molecule has 5 aliphatic carbocycles. The maximum absolute atomic E-state index is 11.5. The van der Waals surface area contributed by atoms with Gasteiger partial charge in [0.2, 0.25) is 0 Å². The fraction of sp³-hybridized carbons (Fsp3) is 1.00. The zero-order chi connectivity index (χ0) is 29.1. The summed E-state index contributed by atoms with van der Waals surface area (Å²) >= 11 is 0. The largest absolute Gasteiger partial charge is 0.393 e. The van der Waals surface area contributed by atoms with Crippen LogP contribution in [0, 0.1) is 59.2 Å². The van der Waals surface area contributed by atoms with Crippen LogP contribution in [0.2, 0.25) is 0 Å². The Labute approximate surface area is 250 Å². The van der Waals surface area contributed by atoms with E-state index in [-0.39, 0.29) is 42.4 Å². The Kier molecular flexibility index (Phi) is 11.6. The number of hydrogen-bond acceptors (Lipinski definition) is 5. The lowest BCUT2D eigenvalue weighted by Gasteiger charge is -2.43. The molecule has 0 heterocycles. The van der Waals surface area contributed by atoms with Crippen LogP contribution in [0.5, 0.6) is 0 Å². The van der Waals surface area contributed by atoms with E-state index in [2.05, 4.69) is 13.8 Å². The zero-order valence-electron chi connectivity index (χ0n) is 26.3. The monoisotopic (exact) mass is 576 g/mol. The summed E-state index contributed by atoms with van der Waals surface area (Å²) < 4.78 is 0. The molecule has 0 radical (unpaired) electrons. The Hall–Kier alpha value is -0.200. The first-order chi connectivity index (χ1) is 19.7. The van der Waals surface area contributed by atoms with Gasteiger partial charge in [0.25, 0.3) is 0 Å². The second-order valence-electron chi connectivity index (χ2n) is 16.2. The van der Waals surface area contributed by atoms with Crippen molar-refractivity contribution >= 4 is 0 Å². The van der Waals surface area contributed by atoms with E-state index < -0.39 is 0 Å². The van der Waals surface area contributed by atoms with Crippen LogP contribution >= 0.6 is 0 Å². The Morgan fingerprint density at radius 1 is 0.390 bits per heavy atom. The summed E-state index contributed by atoms with van der Waals surface area (Å²) in [4.78, 5) is 0. The molecule has 0 aromatic carbocycles. The molecule has 0 amide bonds. The van der Waals surface area contributed by atoms with Gasteiger partial charge in [-0.05, 0) is 162 Å². The van der Waals surface area contributed by atoms with E-state index >= 15 is 0 Å². The van der Waals surface area contributed by atoms with Crippen molar-refractivity contribution < 1.29 is 25.5 Å². The summed E-state index contributed by atoms with van der Waals surface area (Å²) in [5.41, 5.74) is 0. The lowest BCUT2D eigenvalue weighted by molar-refractivity contribution is -0.0487. The molecule has 5 aliphatic rings. The minimum atomic E-state index is -0.301.